The Kier molecular flexibility index (Phi) is 4.89. The average molecular weight is 302 g/mol. The van der Waals surface area contributed by atoms with Crippen LogP contribution in [-0.2, 0) is 14.3 Å². The van der Waals surface area contributed by atoms with Crippen molar-refractivity contribution in [3.05, 3.63) is 46.9 Å². The van der Waals surface area contributed by atoms with Crippen LogP contribution in [0.4, 0.5) is 0 Å². The van der Waals surface area contributed by atoms with Crippen LogP contribution in [0, 0.1) is 11.3 Å². The molecule has 0 saturated heterocycles. The molecule has 0 amide bonds. The molecule has 0 saturated carbocycles. The number of carbonyl (C=O) groups is 1. The highest BCUT2D eigenvalue weighted by Crippen LogP contribution is 2.40. The van der Waals surface area contributed by atoms with Gasteiger partial charge in [0, 0.05) is 12.0 Å². The van der Waals surface area contributed by atoms with E-state index in [1.807, 2.05) is 13.0 Å². The van der Waals surface area contributed by atoms with E-state index in [9.17, 15) is 10.1 Å². The molecule has 2 heterocycles. The first kappa shape index (κ1) is 15.7. The summed E-state index contributed by atoms with van der Waals surface area (Å²) in [6.45, 7) is 3.93. The van der Waals surface area contributed by atoms with Gasteiger partial charge < -0.3 is 19.6 Å². The second-order valence-electron chi connectivity index (χ2n) is 4.79. The molecule has 1 aliphatic rings. The minimum atomic E-state index is -0.627. The SMILES string of the molecule is CCCC1=C(C(=O)OCC)[C@H](c2ccoc2)C(C#N)=C(N)O1. The zero-order valence-corrected chi connectivity index (χ0v) is 12.6. The van der Waals surface area contributed by atoms with Gasteiger partial charge >= 0.3 is 5.97 Å². The standard InChI is InChI=1S/C16H18N2O4/c1-3-5-12-14(16(19)21-4-2)13(10-6-7-20-9-10)11(8-17)15(18)22-12/h6-7,9,13H,3-5,18H2,1-2H3/t13-/m1/s1. The van der Waals surface area contributed by atoms with Crippen LogP contribution >= 0.6 is 0 Å². The number of ether oxygens (including phenoxy) is 2. The van der Waals surface area contributed by atoms with E-state index in [-0.39, 0.29) is 18.1 Å². The fraction of sp³-hybridized carbons (Fsp3) is 0.375. The first-order valence-corrected chi connectivity index (χ1v) is 7.13. The maximum Gasteiger partial charge on any atom is 0.338 e. The number of rotatable bonds is 5. The molecule has 0 spiro atoms. The lowest BCUT2D eigenvalue weighted by Gasteiger charge is -2.27. The molecule has 6 heteroatoms. The highest BCUT2D eigenvalue weighted by molar-refractivity contribution is 5.92. The maximum atomic E-state index is 12.4. The summed E-state index contributed by atoms with van der Waals surface area (Å²) in [5.41, 5.74) is 7.03. The van der Waals surface area contributed by atoms with Crippen LogP contribution in [0.2, 0.25) is 0 Å². The van der Waals surface area contributed by atoms with E-state index in [4.69, 9.17) is 19.6 Å². The normalized spacial score (nSPS) is 18.0. The minimum absolute atomic E-state index is 0.0187. The third-order valence-corrected chi connectivity index (χ3v) is 3.35. The molecule has 0 fully saturated rings. The van der Waals surface area contributed by atoms with Crippen LogP contribution in [-0.4, -0.2) is 12.6 Å². The van der Waals surface area contributed by atoms with Crippen LogP contribution in [0.1, 0.15) is 38.2 Å². The summed E-state index contributed by atoms with van der Waals surface area (Å²) in [4.78, 5) is 12.4. The van der Waals surface area contributed by atoms with Gasteiger partial charge in [-0.1, -0.05) is 6.92 Å². The summed E-state index contributed by atoms with van der Waals surface area (Å²) < 4.78 is 15.7. The molecule has 0 aromatic carbocycles. The van der Waals surface area contributed by atoms with Crippen LogP contribution in [0.25, 0.3) is 0 Å². The van der Waals surface area contributed by atoms with Crippen molar-refractivity contribution in [1.29, 1.82) is 5.26 Å². The molecule has 1 aliphatic heterocycles. The van der Waals surface area contributed by atoms with Crippen molar-refractivity contribution in [3.8, 4) is 6.07 Å². The van der Waals surface area contributed by atoms with Gasteiger partial charge in [0.25, 0.3) is 0 Å². The molecular weight excluding hydrogens is 284 g/mol. The molecule has 1 aromatic heterocycles. The van der Waals surface area contributed by atoms with Crippen molar-refractivity contribution in [2.45, 2.75) is 32.6 Å². The molecule has 6 nitrogen and oxygen atoms in total. The molecule has 22 heavy (non-hydrogen) atoms. The van der Waals surface area contributed by atoms with Gasteiger partial charge in [-0.3, -0.25) is 0 Å². The summed E-state index contributed by atoms with van der Waals surface area (Å²) >= 11 is 0. The second-order valence-corrected chi connectivity index (χ2v) is 4.79. The van der Waals surface area contributed by atoms with Crippen LogP contribution in [0.3, 0.4) is 0 Å². The lowest BCUT2D eigenvalue weighted by atomic mass is 9.83. The topological polar surface area (TPSA) is 98.5 Å². The van der Waals surface area contributed by atoms with E-state index in [0.717, 1.165) is 6.42 Å². The number of hydrogen-bond acceptors (Lipinski definition) is 6. The summed E-state index contributed by atoms with van der Waals surface area (Å²) in [6.07, 6.45) is 4.27. The molecule has 2 N–H and O–H groups in total. The lowest BCUT2D eigenvalue weighted by molar-refractivity contribution is -0.139. The van der Waals surface area contributed by atoms with Crippen molar-refractivity contribution in [2.24, 2.45) is 5.73 Å². The van der Waals surface area contributed by atoms with Crippen molar-refractivity contribution < 1.29 is 18.7 Å². The maximum absolute atomic E-state index is 12.4. The quantitative estimate of drug-likeness (QED) is 0.840. The molecule has 116 valence electrons. The zero-order chi connectivity index (χ0) is 16.1. The molecule has 1 aromatic rings. The molecular formula is C16H18N2O4. The molecule has 2 rings (SSSR count). The van der Waals surface area contributed by atoms with Gasteiger partial charge in [0.1, 0.15) is 17.4 Å². The second kappa shape index (κ2) is 6.85. The molecule has 0 bridgehead atoms. The molecule has 0 unspecified atom stereocenters. The largest absolute Gasteiger partial charge is 0.472 e. The van der Waals surface area contributed by atoms with Crippen molar-refractivity contribution in [2.75, 3.05) is 6.61 Å². The summed E-state index contributed by atoms with van der Waals surface area (Å²) in [7, 11) is 0. The Labute approximate surface area is 128 Å². The van der Waals surface area contributed by atoms with Crippen molar-refractivity contribution in [3.63, 3.8) is 0 Å². The Morgan fingerprint density at radius 1 is 1.50 bits per heavy atom. The predicted octanol–water partition coefficient (Wildman–Crippen LogP) is 2.70. The highest BCUT2D eigenvalue weighted by Gasteiger charge is 2.37. The van der Waals surface area contributed by atoms with Crippen LogP contribution in [0.5, 0.6) is 0 Å². The molecule has 0 radical (unpaired) electrons. The van der Waals surface area contributed by atoms with Crippen LogP contribution in [0.15, 0.2) is 45.8 Å². The summed E-state index contributed by atoms with van der Waals surface area (Å²) in [6, 6.07) is 3.73. The van der Waals surface area contributed by atoms with Gasteiger partial charge in [-0.25, -0.2) is 4.79 Å². The Balaban J connectivity index is 2.59. The number of nitrogens with two attached hydrogens (primary N) is 1. The first-order chi connectivity index (χ1) is 10.6. The van der Waals surface area contributed by atoms with Gasteiger partial charge in [0.15, 0.2) is 0 Å². The van der Waals surface area contributed by atoms with Crippen LogP contribution < -0.4 is 5.73 Å². The van der Waals surface area contributed by atoms with Gasteiger partial charge in [-0.2, -0.15) is 5.26 Å². The van der Waals surface area contributed by atoms with Gasteiger partial charge in [0.2, 0.25) is 5.88 Å². The molecule has 0 aliphatic carbocycles. The molecule has 1 atom stereocenters. The summed E-state index contributed by atoms with van der Waals surface area (Å²) in [5, 5.41) is 9.40. The predicted molar refractivity (Wildman–Crippen MR) is 77.9 cm³/mol. The summed E-state index contributed by atoms with van der Waals surface area (Å²) in [5.74, 6) is -0.663. The number of nitrogens with zero attached hydrogens (tertiary/aromatic N) is 1. The van der Waals surface area contributed by atoms with Gasteiger partial charge in [0.05, 0.1) is 30.6 Å². The Bertz CT molecular complexity index is 650. The Morgan fingerprint density at radius 2 is 2.27 bits per heavy atom. The monoisotopic (exact) mass is 302 g/mol. The van der Waals surface area contributed by atoms with E-state index >= 15 is 0 Å². The fourth-order valence-corrected chi connectivity index (χ4v) is 2.44. The van der Waals surface area contributed by atoms with E-state index in [1.54, 1.807) is 13.0 Å². The Hall–Kier alpha value is -2.68. The Morgan fingerprint density at radius 3 is 2.82 bits per heavy atom. The third-order valence-electron chi connectivity index (χ3n) is 3.35. The van der Waals surface area contributed by atoms with E-state index in [0.29, 0.717) is 23.3 Å². The van der Waals surface area contributed by atoms with E-state index in [2.05, 4.69) is 0 Å². The first-order valence-electron chi connectivity index (χ1n) is 7.13. The van der Waals surface area contributed by atoms with E-state index in [1.165, 1.54) is 12.5 Å². The number of carbonyl (C=O) groups excluding carboxylic acids is 1. The van der Waals surface area contributed by atoms with Crippen molar-refractivity contribution in [1.82, 2.24) is 0 Å². The van der Waals surface area contributed by atoms with Gasteiger partial charge in [-0.15, -0.1) is 0 Å². The van der Waals surface area contributed by atoms with Crippen molar-refractivity contribution >= 4 is 5.97 Å². The number of nitriles is 1. The fourth-order valence-electron chi connectivity index (χ4n) is 2.44. The highest BCUT2D eigenvalue weighted by atomic mass is 16.5. The number of esters is 1. The lowest BCUT2D eigenvalue weighted by Crippen LogP contribution is -2.26. The number of hydrogen-bond donors (Lipinski definition) is 1. The zero-order valence-electron chi connectivity index (χ0n) is 12.6. The minimum Gasteiger partial charge on any atom is -0.472 e. The van der Waals surface area contributed by atoms with E-state index < -0.39 is 11.9 Å². The number of furan rings is 1. The smallest absolute Gasteiger partial charge is 0.338 e. The average Bonchev–Trinajstić information content (AvgIpc) is 3.01. The third kappa shape index (κ3) is 2.84. The number of allylic oxidation sites excluding steroid dienone is 2. The van der Waals surface area contributed by atoms with Gasteiger partial charge in [-0.05, 0) is 19.4 Å².